The summed E-state index contributed by atoms with van der Waals surface area (Å²) in [5.41, 5.74) is 2.08. The smallest absolute Gasteiger partial charge is 0.153 e. The van der Waals surface area contributed by atoms with Crippen molar-refractivity contribution in [2.75, 3.05) is 6.54 Å². The fraction of sp³-hybridized carbons (Fsp3) is 0.333. The zero-order valence-electron chi connectivity index (χ0n) is 10.2. The Balaban J connectivity index is 2.46. The molecule has 0 spiro atoms. The first-order valence-electron chi connectivity index (χ1n) is 5.67. The SMILES string of the molecule is CCNC(c1cccc(Cl)c1)c1c(Br)nnn1C. The summed E-state index contributed by atoms with van der Waals surface area (Å²) >= 11 is 9.49. The van der Waals surface area contributed by atoms with Gasteiger partial charge in [-0.15, -0.1) is 5.10 Å². The van der Waals surface area contributed by atoms with E-state index in [-0.39, 0.29) is 6.04 Å². The zero-order valence-corrected chi connectivity index (χ0v) is 12.5. The number of halogens is 2. The monoisotopic (exact) mass is 328 g/mol. The lowest BCUT2D eigenvalue weighted by Gasteiger charge is -2.18. The van der Waals surface area contributed by atoms with Crippen molar-refractivity contribution in [1.29, 1.82) is 0 Å². The van der Waals surface area contributed by atoms with Gasteiger partial charge in [0.1, 0.15) is 0 Å². The quantitative estimate of drug-likeness (QED) is 0.938. The van der Waals surface area contributed by atoms with E-state index in [4.69, 9.17) is 11.6 Å². The summed E-state index contributed by atoms with van der Waals surface area (Å²) < 4.78 is 2.51. The number of nitrogens with one attached hydrogen (secondary N) is 1. The fourth-order valence-electron chi connectivity index (χ4n) is 1.91. The van der Waals surface area contributed by atoms with Crippen LogP contribution >= 0.6 is 27.5 Å². The molecule has 0 aliphatic carbocycles. The number of hydrogen-bond donors (Lipinski definition) is 1. The third-order valence-electron chi connectivity index (χ3n) is 2.69. The van der Waals surface area contributed by atoms with Gasteiger partial charge in [0.25, 0.3) is 0 Å². The van der Waals surface area contributed by atoms with Crippen LogP contribution in [0, 0.1) is 0 Å². The van der Waals surface area contributed by atoms with E-state index in [9.17, 15) is 0 Å². The number of nitrogens with zero attached hydrogens (tertiary/aromatic N) is 3. The second-order valence-electron chi connectivity index (χ2n) is 3.93. The predicted molar refractivity (Wildman–Crippen MR) is 75.7 cm³/mol. The molecule has 0 amide bonds. The van der Waals surface area contributed by atoms with Crippen LogP contribution in [-0.4, -0.2) is 21.5 Å². The highest BCUT2D eigenvalue weighted by Gasteiger charge is 2.21. The van der Waals surface area contributed by atoms with Crippen LogP contribution in [0.5, 0.6) is 0 Å². The largest absolute Gasteiger partial charge is 0.305 e. The highest BCUT2D eigenvalue weighted by Crippen LogP contribution is 2.27. The predicted octanol–water partition coefficient (Wildman–Crippen LogP) is 2.93. The van der Waals surface area contributed by atoms with Gasteiger partial charge < -0.3 is 5.32 Å². The first-order chi connectivity index (χ1) is 8.63. The van der Waals surface area contributed by atoms with E-state index in [1.165, 1.54) is 0 Å². The van der Waals surface area contributed by atoms with Crippen LogP contribution in [0.15, 0.2) is 28.9 Å². The average molecular weight is 330 g/mol. The van der Waals surface area contributed by atoms with Gasteiger partial charge in [0, 0.05) is 12.1 Å². The molecule has 96 valence electrons. The van der Waals surface area contributed by atoms with Crippen LogP contribution in [0.1, 0.15) is 24.2 Å². The van der Waals surface area contributed by atoms with Crippen LogP contribution in [0.25, 0.3) is 0 Å². The minimum atomic E-state index is 0.0167. The van der Waals surface area contributed by atoms with Crippen molar-refractivity contribution < 1.29 is 0 Å². The van der Waals surface area contributed by atoms with Gasteiger partial charge in [0.2, 0.25) is 0 Å². The highest BCUT2D eigenvalue weighted by molar-refractivity contribution is 9.10. The minimum Gasteiger partial charge on any atom is -0.305 e. The molecule has 1 unspecified atom stereocenters. The van der Waals surface area contributed by atoms with E-state index >= 15 is 0 Å². The molecule has 2 aromatic rings. The van der Waals surface area contributed by atoms with Crippen molar-refractivity contribution in [2.24, 2.45) is 7.05 Å². The second kappa shape index (κ2) is 5.82. The molecule has 1 heterocycles. The van der Waals surface area contributed by atoms with Crippen molar-refractivity contribution >= 4 is 27.5 Å². The van der Waals surface area contributed by atoms with Crippen molar-refractivity contribution in [3.63, 3.8) is 0 Å². The first-order valence-corrected chi connectivity index (χ1v) is 6.84. The number of aromatic nitrogens is 3. The van der Waals surface area contributed by atoms with Crippen LogP contribution < -0.4 is 5.32 Å². The lowest BCUT2D eigenvalue weighted by atomic mass is 10.0. The zero-order chi connectivity index (χ0) is 13.1. The van der Waals surface area contributed by atoms with Crippen molar-refractivity contribution in [3.8, 4) is 0 Å². The van der Waals surface area contributed by atoms with E-state index in [0.717, 1.165) is 27.4 Å². The number of rotatable bonds is 4. The summed E-state index contributed by atoms with van der Waals surface area (Å²) in [5, 5.41) is 12.2. The molecule has 0 aliphatic heterocycles. The van der Waals surface area contributed by atoms with E-state index in [1.807, 2.05) is 31.3 Å². The maximum absolute atomic E-state index is 6.05. The summed E-state index contributed by atoms with van der Waals surface area (Å²) in [4.78, 5) is 0. The van der Waals surface area contributed by atoms with E-state index in [0.29, 0.717) is 0 Å². The number of aryl methyl sites for hydroxylation is 1. The maximum atomic E-state index is 6.05. The molecule has 0 fully saturated rings. The minimum absolute atomic E-state index is 0.0167. The molecule has 1 aromatic carbocycles. The second-order valence-corrected chi connectivity index (χ2v) is 5.12. The molecule has 0 aliphatic rings. The van der Waals surface area contributed by atoms with Gasteiger partial charge in [-0.1, -0.05) is 35.9 Å². The molecule has 1 N–H and O–H groups in total. The van der Waals surface area contributed by atoms with Crippen molar-refractivity contribution in [3.05, 3.63) is 45.1 Å². The van der Waals surface area contributed by atoms with E-state index < -0.39 is 0 Å². The summed E-state index contributed by atoms with van der Waals surface area (Å²) in [6.07, 6.45) is 0. The lowest BCUT2D eigenvalue weighted by molar-refractivity contribution is 0.567. The van der Waals surface area contributed by atoms with Gasteiger partial charge in [-0.05, 0) is 40.2 Å². The van der Waals surface area contributed by atoms with Crippen LogP contribution in [0.3, 0.4) is 0 Å². The molecular weight excluding hydrogens is 316 g/mol. The Morgan fingerprint density at radius 2 is 2.28 bits per heavy atom. The average Bonchev–Trinajstić information content (AvgIpc) is 2.67. The Hall–Kier alpha value is -0.910. The summed E-state index contributed by atoms with van der Waals surface area (Å²) in [5.74, 6) is 0. The molecule has 2 rings (SSSR count). The van der Waals surface area contributed by atoms with Gasteiger partial charge in [-0.2, -0.15) is 0 Å². The molecule has 1 aromatic heterocycles. The molecule has 0 bridgehead atoms. The molecule has 1 atom stereocenters. The first kappa shape index (κ1) is 13.5. The van der Waals surface area contributed by atoms with Crippen LogP contribution in [0.2, 0.25) is 5.02 Å². The van der Waals surface area contributed by atoms with Gasteiger partial charge in [0.15, 0.2) is 4.60 Å². The molecule has 0 radical (unpaired) electrons. The summed E-state index contributed by atoms with van der Waals surface area (Å²) in [6.45, 7) is 2.91. The Bertz CT molecular complexity index is 521. The van der Waals surface area contributed by atoms with Crippen molar-refractivity contribution in [1.82, 2.24) is 20.3 Å². The van der Waals surface area contributed by atoms with Crippen molar-refractivity contribution in [2.45, 2.75) is 13.0 Å². The third kappa shape index (κ3) is 2.74. The van der Waals surface area contributed by atoms with Crippen LogP contribution in [-0.2, 0) is 7.05 Å². The fourth-order valence-corrected chi connectivity index (χ4v) is 2.66. The highest BCUT2D eigenvalue weighted by atomic mass is 79.9. The third-order valence-corrected chi connectivity index (χ3v) is 3.49. The van der Waals surface area contributed by atoms with Gasteiger partial charge in [0.05, 0.1) is 11.7 Å². The molecular formula is C12H14BrClN4. The van der Waals surface area contributed by atoms with Gasteiger partial charge in [-0.3, -0.25) is 0 Å². The molecule has 18 heavy (non-hydrogen) atoms. The maximum Gasteiger partial charge on any atom is 0.153 e. The topological polar surface area (TPSA) is 42.7 Å². The Morgan fingerprint density at radius 1 is 1.50 bits per heavy atom. The standard InChI is InChI=1S/C12H14BrClN4/c1-3-15-10(8-5-4-6-9(14)7-8)11-12(13)16-17-18(11)2/h4-7,10,15H,3H2,1-2H3. The number of benzene rings is 1. The number of hydrogen-bond acceptors (Lipinski definition) is 3. The molecule has 0 saturated heterocycles. The Morgan fingerprint density at radius 3 is 2.83 bits per heavy atom. The lowest BCUT2D eigenvalue weighted by Crippen LogP contribution is -2.24. The van der Waals surface area contributed by atoms with Gasteiger partial charge in [-0.25, -0.2) is 4.68 Å². The van der Waals surface area contributed by atoms with Crippen LogP contribution in [0.4, 0.5) is 0 Å². The molecule has 6 heteroatoms. The normalized spacial score (nSPS) is 12.7. The van der Waals surface area contributed by atoms with Gasteiger partial charge >= 0.3 is 0 Å². The molecule has 4 nitrogen and oxygen atoms in total. The Labute approximate surface area is 119 Å². The van der Waals surface area contributed by atoms with E-state index in [2.05, 4.69) is 38.5 Å². The summed E-state index contributed by atoms with van der Waals surface area (Å²) in [7, 11) is 1.88. The molecule has 0 saturated carbocycles. The summed E-state index contributed by atoms with van der Waals surface area (Å²) in [6, 6.07) is 7.82. The van der Waals surface area contributed by atoms with E-state index in [1.54, 1.807) is 4.68 Å². The Kier molecular flexibility index (Phi) is 4.37.